The number of aromatic nitrogens is 8. The molecule has 0 aliphatic heterocycles. The summed E-state index contributed by atoms with van der Waals surface area (Å²) in [4.78, 5) is 0. The zero-order valence-electron chi connectivity index (χ0n) is 20.8. The Hall–Kier alpha value is -3.25. The van der Waals surface area contributed by atoms with Crippen LogP contribution in [0.4, 0.5) is 0 Å². The standard InChI is InChI=1S/C6H10N2.C5H9N3O2S.2C5H8N2/c1-5-4-6(2)8(3)7-5;1-4-3-5(8(2)7-4)11(6,9)10;2*1-5-3-4-6-7(5)2/h4H,1-3H3;3H,1-2H3,(H2,6,9,10);2*3-4H,1-2H3. The smallest absolute Gasteiger partial charge is 0.255 e. The third kappa shape index (κ3) is 9.41. The summed E-state index contributed by atoms with van der Waals surface area (Å²) in [6.45, 7) is 9.78. The lowest BCUT2D eigenvalue weighted by atomic mass is 10.4. The molecule has 0 atom stereocenters. The van der Waals surface area contributed by atoms with Crippen LogP contribution in [0.3, 0.4) is 0 Å². The molecular weight excluding hydrogens is 442 g/mol. The maximum atomic E-state index is 10.8. The van der Waals surface area contributed by atoms with Gasteiger partial charge in [0, 0.05) is 57.7 Å². The monoisotopic (exact) mass is 477 g/mol. The fourth-order valence-corrected chi connectivity index (χ4v) is 3.22. The number of hydrogen-bond donors (Lipinski definition) is 1. The number of primary sulfonamides is 1. The van der Waals surface area contributed by atoms with Gasteiger partial charge in [0.05, 0.1) is 11.4 Å². The van der Waals surface area contributed by atoms with Gasteiger partial charge in [0.25, 0.3) is 10.0 Å². The van der Waals surface area contributed by atoms with Crippen molar-refractivity contribution in [3.8, 4) is 0 Å². The topological polar surface area (TPSA) is 131 Å². The summed E-state index contributed by atoms with van der Waals surface area (Å²) in [6.07, 6.45) is 3.57. The molecule has 0 saturated carbocycles. The molecule has 4 aromatic heterocycles. The number of sulfonamides is 1. The van der Waals surface area contributed by atoms with Crippen molar-refractivity contribution in [2.24, 2.45) is 33.3 Å². The van der Waals surface area contributed by atoms with Crippen LogP contribution in [0.25, 0.3) is 0 Å². The minimum atomic E-state index is -3.61. The van der Waals surface area contributed by atoms with Crippen molar-refractivity contribution < 1.29 is 8.42 Å². The third-order valence-electron chi connectivity index (χ3n) is 4.62. The lowest BCUT2D eigenvalue weighted by Crippen LogP contribution is -2.16. The summed E-state index contributed by atoms with van der Waals surface area (Å²) < 4.78 is 28.3. The summed E-state index contributed by atoms with van der Waals surface area (Å²) in [6, 6.07) is 7.43. The second-order valence-corrected chi connectivity index (χ2v) is 9.04. The van der Waals surface area contributed by atoms with Crippen molar-refractivity contribution in [2.45, 2.75) is 39.6 Å². The minimum Gasteiger partial charge on any atom is -0.273 e. The van der Waals surface area contributed by atoms with E-state index in [9.17, 15) is 8.42 Å². The van der Waals surface area contributed by atoms with Gasteiger partial charge in [-0.1, -0.05) is 0 Å². The highest BCUT2D eigenvalue weighted by Crippen LogP contribution is 2.06. The summed E-state index contributed by atoms with van der Waals surface area (Å²) in [7, 11) is 3.72. The summed E-state index contributed by atoms with van der Waals surface area (Å²) in [5.41, 5.74) is 5.32. The maximum absolute atomic E-state index is 10.8. The van der Waals surface area contributed by atoms with E-state index in [4.69, 9.17) is 5.14 Å². The van der Waals surface area contributed by atoms with Crippen LogP contribution in [-0.2, 0) is 38.2 Å². The summed E-state index contributed by atoms with van der Waals surface area (Å²) in [5.74, 6) is 0. The first-order valence-electron chi connectivity index (χ1n) is 10.1. The van der Waals surface area contributed by atoms with Gasteiger partial charge in [0.1, 0.15) is 0 Å². The van der Waals surface area contributed by atoms with Crippen molar-refractivity contribution in [1.82, 2.24) is 39.1 Å². The minimum absolute atomic E-state index is 0.0370. The first-order chi connectivity index (χ1) is 15.2. The highest BCUT2D eigenvalue weighted by Gasteiger charge is 2.13. The molecule has 182 valence electrons. The Morgan fingerprint density at radius 2 is 1.09 bits per heavy atom. The highest BCUT2D eigenvalue weighted by atomic mass is 32.2. The number of aryl methyl sites for hydroxylation is 9. The number of rotatable bonds is 1. The normalized spacial score (nSPS) is 10.4. The van der Waals surface area contributed by atoms with Gasteiger partial charge in [0.2, 0.25) is 0 Å². The third-order valence-corrected chi connectivity index (χ3v) is 5.58. The Balaban J connectivity index is 0.000000224. The van der Waals surface area contributed by atoms with Crippen LogP contribution >= 0.6 is 0 Å². The average Bonchev–Trinajstić information content (AvgIpc) is 3.43. The Morgan fingerprint density at radius 1 is 0.667 bits per heavy atom. The molecule has 0 radical (unpaired) electrons. The van der Waals surface area contributed by atoms with Crippen molar-refractivity contribution in [3.63, 3.8) is 0 Å². The molecule has 0 aliphatic rings. The number of nitrogens with zero attached hydrogens (tertiary/aromatic N) is 8. The van der Waals surface area contributed by atoms with E-state index in [0.29, 0.717) is 5.69 Å². The molecular formula is C21H35N9O2S. The summed E-state index contributed by atoms with van der Waals surface area (Å²) in [5, 5.41) is 20.7. The number of hydrogen-bond acceptors (Lipinski definition) is 6. The molecule has 4 aromatic rings. The van der Waals surface area contributed by atoms with Crippen LogP contribution in [0.2, 0.25) is 0 Å². The van der Waals surface area contributed by atoms with E-state index in [-0.39, 0.29) is 5.03 Å². The van der Waals surface area contributed by atoms with Gasteiger partial charge in [-0.2, -0.15) is 20.4 Å². The lowest BCUT2D eigenvalue weighted by molar-refractivity contribution is 0.578. The van der Waals surface area contributed by atoms with Gasteiger partial charge < -0.3 is 0 Å². The van der Waals surface area contributed by atoms with Crippen molar-refractivity contribution >= 4 is 10.0 Å². The average molecular weight is 478 g/mol. The molecule has 2 N–H and O–H groups in total. The van der Waals surface area contributed by atoms with E-state index in [2.05, 4.69) is 26.5 Å². The van der Waals surface area contributed by atoms with Crippen molar-refractivity contribution in [1.29, 1.82) is 0 Å². The van der Waals surface area contributed by atoms with Crippen molar-refractivity contribution in [3.05, 3.63) is 65.1 Å². The summed E-state index contributed by atoms with van der Waals surface area (Å²) >= 11 is 0. The SMILES string of the molecule is Cc1cc(C)n(C)n1.Cc1cc(S(N)(=O)=O)n(C)n1.Cc1ccnn1C.Cc1ccnn1C. The number of nitrogens with two attached hydrogens (primary N) is 1. The van der Waals surface area contributed by atoms with Crippen LogP contribution in [0, 0.1) is 34.6 Å². The van der Waals surface area contributed by atoms with Crippen molar-refractivity contribution in [2.75, 3.05) is 0 Å². The van der Waals surface area contributed by atoms with Crippen LogP contribution < -0.4 is 5.14 Å². The molecule has 0 aliphatic carbocycles. The van der Waals surface area contributed by atoms with E-state index >= 15 is 0 Å². The molecule has 0 spiro atoms. The van der Waals surface area contributed by atoms with E-state index in [0.717, 1.165) is 5.69 Å². The lowest BCUT2D eigenvalue weighted by Gasteiger charge is -1.95. The predicted octanol–water partition coefficient (Wildman–Crippen LogP) is 1.87. The highest BCUT2D eigenvalue weighted by molar-refractivity contribution is 7.89. The maximum Gasteiger partial charge on any atom is 0.255 e. The van der Waals surface area contributed by atoms with Gasteiger partial charge in [-0.3, -0.25) is 18.7 Å². The quantitative estimate of drug-likeness (QED) is 0.445. The Morgan fingerprint density at radius 3 is 1.21 bits per heavy atom. The van der Waals surface area contributed by atoms with E-state index in [1.165, 1.54) is 34.9 Å². The Bertz CT molecular complexity index is 1160. The van der Waals surface area contributed by atoms with Gasteiger partial charge in [-0.05, 0) is 58.9 Å². The Kier molecular flexibility index (Phi) is 10.2. The fourth-order valence-electron chi connectivity index (χ4n) is 2.47. The van der Waals surface area contributed by atoms with E-state index in [1.54, 1.807) is 19.3 Å². The zero-order chi connectivity index (χ0) is 25.3. The molecule has 4 heterocycles. The molecule has 0 unspecified atom stereocenters. The second kappa shape index (κ2) is 12.1. The van der Waals surface area contributed by atoms with Crippen LogP contribution in [-0.4, -0.2) is 47.5 Å². The van der Waals surface area contributed by atoms with Gasteiger partial charge in [-0.25, -0.2) is 13.6 Å². The molecule has 33 heavy (non-hydrogen) atoms. The Labute approximate surface area is 195 Å². The van der Waals surface area contributed by atoms with E-state index in [1.807, 2.05) is 75.0 Å². The molecule has 0 fully saturated rings. The predicted molar refractivity (Wildman–Crippen MR) is 128 cm³/mol. The van der Waals surface area contributed by atoms with Gasteiger partial charge in [-0.15, -0.1) is 0 Å². The largest absolute Gasteiger partial charge is 0.273 e. The van der Waals surface area contributed by atoms with Crippen LogP contribution in [0.1, 0.15) is 28.5 Å². The second-order valence-electron chi connectivity index (χ2n) is 7.54. The molecule has 12 heteroatoms. The molecule has 0 amide bonds. The molecule has 11 nitrogen and oxygen atoms in total. The van der Waals surface area contributed by atoms with Crippen LogP contribution in [0.15, 0.2) is 41.7 Å². The first-order valence-corrected chi connectivity index (χ1v) is 11.7. The van der Waals surface area contributed by atoms with E-state index < -0.39 is 10.0 Å². The first kappa shape index (κ1) is 27.8. The molecule has 4 rings (SSSR count). The molecule has 0 saturated heterocycles. The molecule has 0 bridgehead atoms. The fraction of sp³-hybridized carbons (Fsp3) is 0.429. The van der Waals surface area contributed by atoms with Crippen LogP contribution in [0.5, 0.6) is 0 Å². The van der Waals surface area contributed by atoms with Gasteiger partial charge >= 0.3 is 0 Å². The zero-order valence-corrected chi connectivity index (χ0v) is 21.7. The molecule has 0 aromatic carbocycles. The van der Waals surface area contributed by atoms with Gasteiger partial charge in [0.15, 0.2) is 5.03 Å².